The number of ether oxygens (including phenoxy) is 2. The van der Waals surface area contributed by atoms with Gasteiger partial charge >= 0.3 is 6.09 Å². The fraction of sp³-hybridized carbons (Fsp3) is 0.250. The quantitative estimate of drug-likeness (QED) is 0.849. The van der Waals surface area contributed by atoms with Crippen molar-refractivity contribution in [1.29, 1.82) is 0 Å². The van der Waals surface area contributed by atoms with Crippen LogP contribution in [0.1, 0.15) is 12.5 Å². The molecule has 0 aliphatic heterocycles. The first-order chi connectivity index (χ1) is 7.76. The summed E-state index contributed by atoms with van der Waals surface area (Å²) in [6.07, 6.45) is 2.86. The molecule has 0 bridgehead atoms. The summed E-state index contributed by atoms with van der Waals surface area (Å²) in [5.41, 5.74) is 0.970. The highest BCUT2D eigenvalue weighted by atomic mass is 16.5. The molecule has 0 unspecified atom stereocenters. The summed E-state index contributed by atoms with van der Waals surface area (Å²) >= 11 is 0. The fourth-order valence-electron chi connectivity index (χ4n) is 1.09. The molecule has 0 aromatic heterocycles. The average Bonchev–Trinajstić information content (AvgIpc) is 2.30. The van der Waals surface area contributed by atoms with Crippen LogP contribution in [0.5, 0.6) is 5.75 Å². The van der Waals surface area contributed by atoms with Gasteiger partial charge in [-0.15, -0.1) is 0 Å². The summed E-state index contributed by atoms with van der Waals surface area (Å²) in [5.74, 6) is 0.801. The van der Waals surface area contributed by atoms with Gasteiger partial charge in [0.2, 0.25) is 0 Å². The normalized spacial score (nSPS) is 10.1. The molecule has 86 valence electrons. The lowest BCUT2D eigenvalue weighted by atomic mass is 10.2. The Morgan fingerprint density at radius 1 is 1.38 bits per heavy atom. The van der Waals surface area contributed by atoms with Crippen LogP contribution in [0.25, 0.3) is 6.08 Å². The van der Waals surface area contributed by atoms with E-state index in [1.165, 1.54) is 0 Å². The van der Waals surface area contributed by atoms with E-state index in [4.69, 9.17) is 9.47 Å². The Labute approximate surface area is 94.9 Å². The number of carbonyl (C=O) groups excluding carboxylic acids is 1. The number of methoxy groups -OCH3 is 1. The standard InChI is InChI=1S/C12H15NO3/c1-3-16-12(14)13-9-8-10-4-6-11(15-2)7-5-10/h4-9H,3H2,1-2H3,(H,13,14)/b9-8+. The zero-order chi connectivity index (χ0) is 11.8. The van der Waals surface area contributed by atoms with Gasteiger partial charge in [0.25, 0.3) is 0 Å². The minimum Gasteiger partial charge on any atom is -0.497 e. The lowest BCUT2D eigenvalue weighted by Gasteiger charge is -2.00. The minimum atomic E-state index is -0.452. The largest absolute Gasteiger partial charge is 0.497 e. The number of alkyl carbamates (subject to hydrolysis) is 1. The van der Waals surface area contributed by atoms with Crippen LogP contribution in [0.4, 0.5) is 4.79 Å². The van der Waals surface area contributed by atoms with E-state index >= 15 is 0 Å². The molecule has 16 heavy (non-hydrogen) atoms. The molecule has 4 nitrogen and oxygen atoms in total. The zero-order valence-electron chi connectivity index (χ0n) is 9.40. The number of benzene rings is 1. The Kier molecular flexibility index (Phi) is 4.92. The van der Waals surface area contributed by atoms with Crippen molar-refractivity contribution in [2.45, 2.75) is 6.92 Å². The molecule has 1 aromatic carbocycles. The number of amides is 1. The first kappa shape index (κ1) is 12.1. The number of carbonyl (C=O) groups is 1. The molecule has 0 radical (unpaired) electrons. The third-order valence-corrected chi connectivity index (χ3v) is 1.87. The van der Waals surface area contributed by atoms with E-state index in [0.717, 1.165) is 11.3 Å². The Morgan fingerprint density at radius 2 is 2.06 bits per heavy atom. The molecule has 0 heterocycles. The molecule has 0 aliphatic rings. The second kappa shape index (κ2) is 6.50. The molecule has 0 aliphatic carbocycles. The Bertz CT molecular complexity index is 357. The summed E-state index contributed by atoms with van der Waals surface area (Å²) in [5, 5.41) is 2.49. The van der Waals surface area contributed by atoms with Crippen LogP contribution < -0.4 is 10.1 Å². The highest BCUT2D eigenvalue weighted by molar-refractivity contribution is 5.69. The molecule has 0 spiro atoms. The van der Waals surface area contributed by atoms with Crippen molar-refractivity contribution >= 4 is 12.2 Å². The molecule has 1 rings (SSSR count). The van der Waals surface area contributed by atoms with Crippen molar-refractivity contribution in [2.24, 2.45) is 0 Å². The number of hydrogen-bond acceptors (Lipinski definition) is 3. The van der Waals surface area contributed by atoms with Gasteiger partial charge in [-0.3, -0.25) is 5.32 Å². The smallest absolute Gasteiger partial charge is 0.411 e. The van der Waals surface area contributed by atoms with Crippen molar-refractivity contribution in [3.63, 3.8) is 0 Å². The van der Waals surface area contributed by atoms with E-state index in [2.05, 4.69) is 5.32 Å². The second-order valence-electron chi connectivity index (χ2n) is 2.97. The van der Waals surface area contributed by atoms with E-state index in [0.29, 0.717) is 6.61 Å². The van der Waals surface area contributed by atoms with Gasteiger partial charge in [0.1, 0.15) is 5.75 Å². The van der Waals surface area contributed by atoms with Gasteiger partial charge < -0.3 is 9.47 Å². The topological polar surface area (TPSA) is 47.6 Å². The predicted molar refractivity (Wildman–Crippen MR) is 62.2 cm³/mol. The second-order valence-corrected chi connectivity index (χ2v) is 2.97. The highest BCUT2D eigenvalue weighted by Crippen LogP contribution is 2.11. The van der Waals surface area contributed by atoms with Crippen molar-refractivity contribution < 1.29 is 14.3 Å². The Morgan fingerprint density at radius 3 is 2.62 bits per heavy atom. The minimum absolute atomic E-state index is 0.363. The van der Waals surface area contributed by atoms with Gasteiger partial charge in [-0.2, -0.15) is 0 Å². The summed E-state index contributed by atoms with van der Waals surface area (Å²) < 4.78 is 9.73. The zero-order valence-corrected chi connectivity index (χ0v) is 9.40. The van der Waals surface area contributed by atoms with Gasteiger partial charge in [0.15, 0.2) is 0 Å². The van der Waals surface area contributed by atoms with E-state index < -0.39 is 6.09 Å². The number of rotatable bonds is 4. The summed E-state index contributed by atoms with van der Waals surface area (Å²) in [6.45, 7) is 2.12. The molecular formula is C12H15NO3. The summed E-state index contributed by atoms with van der Waals surface area (Å²) in [7, 11) is 1.62. The lowest BCUT2D eigenvalue weighted by molar-refractivity contribution is 0.156. The first-order valence-electron chi connectivity index (χ1n) is 5.00. The van der Waals surface area contributed by atoms with Gasteiger partial charge in [0, 0.05) is 6.20 Å². The Hall–Kier alpha value is -1.97. The predicted octanol–water partition coefficient (Wildman–Crippen LogP) is 2.41. The molecule has 4 heteroatoms. The highest BCUT2D eigenvalue weighted by Gasteiger charge is 1.94. The maximum atomic E-state index is 10.9. The van der Waals surface area contributed by atoms with Crippen molar-refractivity contribution in [1.82, 2.24) is 5.32 Å². The molecular weight excluding hydrogens is 206 g/mol. The van der Waals surface area contributed by atoms with Crippen LogP contribution in [0.15, 0.2) is 30.5 Å². The van der Waals surface area contributed by atoms with Crippen LogP contribution in [0.2, 0.25) is 0 Å². The maximum absolute atomic E-state index is 10.9. The van der Waals surface area contributed by atoms with Crippen LogP contribution in [-0.2, 0) is 4.74 Å². The lowest BCUT2D eigenvalue weighted by Crippen LogP contribution is -2.17. The third kappa shape index (κ3) is 4.04. The van der Waals surface area contributed by atoms with Crippen LogP contribution >= 0.6 is 0 Å². The SMILES string of the molecule is CCOC(=O)N/C=C/c1ccc(OC)cc1. The van der Waals surface area contributed by atoms with E-state index in [-0.39, 0.29) is 0 Å². The maximum Gasteiger partial charge on any atom is 0.411 e. The third-order valence-electron chi connectivity index (χ3n) is 1.87. The van der Waals surface area contributed by atoms with Gasteiger partial charge in [-0.1, -0.05) is 12.1 Å². The van der Waals surface area contributed by atoms with Gasteiger partial charge in [-0.25, -0.2) is 4.79 Å². The molecule has 0 saturated heterocycles. The van der Waals surface area contributed by atoms with Crippen molar-refractivity contribution in [2.75, 3.05) is 13.7 Å². The van der Waals surface area contributed by atoms with E-state index in [1.807, 2.05) is 24.3 Å². The van der Waals surface area contributed by atoms with Crippen molar-refractivity contribution in [3.8, 4) is 5.75 Å². The summed E-state index contributed by atoms with van der Waals surface area (Å²) in [4.78, 5) is 10.9. The molecule has 0 saturated carbocycles. The van der Waals surface area contributed by atoms with E-state index in [9.17, 15) is 4.79 Å². The molecule has 0 fully saturated rings. The first-order valence-corrected chi connectivity index (χ1v) is 5.00. The molecule has 1 amide bonds. The van der Waals surface area contributed by atoms with Crippen molar-refractivity contribution in [3.05, 3.63) is 36.0 Å². The Balaban J connectivity index is 2.46. The van der Waals surface area contributed by atoms with Crippen LogP contribution in [-0.4, -0.2) is 19.8 Å². The average molecular weight is 221 g/mol. The summed E-state index contributed by atoms with van der Waals surface area (Å²) in [6, 6.07) is 7.48. The van der Waals surface area contributed by atoms with E-state index in [1.54, 1.807) is 26.3 Å². The van der Waals surface area contributed by atoms with Gasteiger partial charge in [0.05, 0.1) is 13.7 Å². The molecule has 1 N–H and O–H groups in total. The number of hydrogen-bond donors (Lipinski definition) is 1. The number of nitrogens with one attached hydrogen (secondary N) is 1. The molecule has 1 aromatic rings. The molecule has 0 atom stereocenters. The van der Waals surface area contributed by atoms with Gasteiger partial charge in [-0.05, 0) is 30.7 Å². The monoisotopic (exact) mass is 221 g/mol. The fourth-order valence-corrected chi connectivity index (χ4v) is 1.09. The van der Waals surface area contributed by atoms with Crippen LogP contribution in [0.3, 0.4) is 0 Å². The van der Waals surface area contributed by atoms with Crippen LogP contribution in [0, 0.1) is 0 Å².